The molecule has 180 valence electrons. The summed E-state index contributed by atoms with van der Waals surface area (Å²) >= 11 is 0. The molecule has 0 aliphatic carbocycles. The molecule has 1 aromatic heterocycles. The zero-order valence-corrected chi connectivity index (χ0v) is 19.9. The number of aliphatic hydroxyl groups excluding tert-OH is 1. The van der Waals surface area contributed by atoms with E-state index in [-0.39, 0.29) is 24.5 Å². The highest BCUT2D eigenvalue weighted by molar-refractivity contribution is 5.89. The summed E-state index contributed by atoms with van der Waals surface area (Å²) in [5.41, 5.74) is 4.32. The zero-order chi connectivity index (χ0) is 23.7. The summed E-state index contributed by atoms with van der Waals surface area (Å²) in [6, 6.07) is 16.3. The molecular formula is C27H33N3O4. The standard InChI is InChI=1S/C27H33N3O4/c1-33-17-24(32)30-18-27(10-12-29(13-11-27)15-19-6-4-3-5-7-19)25-21-9-8-20(34-2)14-22(21)28-26(25)23(30)16-31/h3-9,14,23,28,31H,10-13,15-18H2,1-2H3/t23-/m0/s1. The quantitative estimate of drug-likeness (QED) is 0.587. The molecule has 1 fully saturated rings. The van der Waals surface area contributed by atoms with E-state index >= 15 is 0 Å². The van der Waals surface area contributed by atoms with Crippen molar-refractivity contribution in [2.45, 2.75) is 30.8 Å². The Morgan fingerprint density at radius 2 is 1.91 bits per heavy atom. The normalized spacial score (nSPS) is 20.0. The largest absolute Gasteiger partial charge is 0.497 e. The number of benzene rings is 2. The average Bonchev–Trinajstić information content (AvgIpc) is 3.25. The third-order valence-corrected chi connectivity index (χ3v) is 7.57. The van der Waals surface area contributed by atoms with Crippen LogP contribution >= 0.6 is 0 Å². The van der Waals surface area contributed by atoms with Gasteiger partial charge in [0.15, 0.2) is 0 Å². The molecule has 0 bridgehead atoms. The fourth-order valence-electron chi connectivity index (χ4n) is 5.86. The highest BCUT2D eigenvalue weighted by Crippen LogP contribution is 2.49. The molecule has 7 heteroatoms. The first-order chi connectivity index (χ1) is 16.6. The smallest absolute Gasteiger partial charge is 0.249 e. The van der Waals surface area contributed by atoms with Crippen molar-refractivity contribution in [3.63, 3.8) is 0 Å². The van der Waals surface area contributed by atoms with Crippen molar-refractivity contribution in [2.24, 2.45) is 0 Å². The summed E-state index contributed by atoms with van der Waals surface area (Å²) in [7, 11) is 3.20. The number of carbonyl (C=O) groups excluding carboxylic acids is 1. The fourth-order valence-corrected chi connectivity index (χ4v) is 5.86. The van der Waals surface area contributed by atoms with Gasteiger partial charge in [-0.05, 0) is 49.2 Å². The number of hydrogen-bond donors (Lipinski definition) is 2. The number of H-pyrrole nitrogens is 1. The summed E-state index contributed by atoms with van der Waals surface area (Å²) in [5.74, 6) is 0.695. The predicted molar refractivity (Wildman–Crippen MR) is 131 cm³/mol. The van der Waals surface area contributed by atoms with Crippen LogP contribution in [0.25, 0.3) is 10.9 Å². The average molecular weight is 464 g/mol. The first-order valence-corrected chi connectivity index (χ1v) is 11.9. The van der Waals surface area contributed by atoms with Crippen LogP contribution in [0.5, 0.6) is 5.75 Å². The Morgan fingerprint density at radius 1 is 1.15 bits per heavy atom. The molecule has 0 unspecified atom stereocenters. The molecule has 1 amide bonds. The maximum absolute atomic E-state index is 13.1. The highest BCUT2D eigenvalue weighted by Gasteiger charge is 2.48. The Bertz CT molecular complexity index is 1150. The molecular weight excluding hydrogens is 430 g/mol. The lowest BCUT2D eigenvalue weighted by Crippen LogP contribution is -2.55. The van der Waals surface area contributed by atoms with Crippen LogP contribution in [0.3, 0.4) is 0 Å². The van der Waals surface area contributed by atoms with Gasteiger partial charge in [0.2, 0.25) is 5.91 Å². The maximum Gasteiger partial charge on any atom is 0.249 e. The van der Waals surface area contributed by atoms with Crippen LogP contribution in [0.4, 0.5) is 0 Å². The van der Waals surface area contributed by atoms with E-state index in [1.54, 1.807) is 7.11 Å². The first kappa shape index (κ1) is 22.9. The molecule has 2 N–H and O–H groups in total. The highest BCUT2D eigenvalue weighted by atomic mass is 16.5. The lowest BCUT2D eigenvalue weighted by Gasteiger charge is -2.50. The van der Waals surface area contributed by atoms with Gasteiger partial charge in [-0.1, -0.05) is 30.3 Å². The molecule has 2 aliphatic rings. The molecule has 5 rings (SSSR count). The van der Waals surface area contributed by atoms with Crippen LogP contribution in [0, 0.1) is 0 Å². The molecule has 0 saturated carbocycles. The van der Waals surface area contributed by atoms with E-state index in [0.29, 0.717) is 6.54 Å². The number of aromatic amines is 1. The van der Waals surface area contributed by atoms with Gasteiger partial charge in [0.25, 0.3) is 0 Å². The maximum atomic E-state index is 13.1. The van der Waals surface area contributed by atoms with Crippen molar-refractivity contribution in [1.82, 2.24) is 14.8 Å². The number of aromatic nitrogens is 1. The van der Waals surface area contributed by atoms with Crippen LogP contribution in [0.1, 0.15) is 35.7 Å². The van der Waals surface area contributed by atoms with Crippen molar-refractivity contribution in [2.75, 3.05) is 47.1 Å². The summed E-state index contributed by atoms with van der Waals surface area (Å²) in [4.78, 5) is 20.9. The SMILES string of the molecule is COCC(=O)N1CC2(CCN(Cc3ccccc3)CC2)c2c([nH]c3cc(OC)ccc23)[C@@H]1CO. The number of methoxy groups -OCH3 is 2. The van der Waals surface area contributed by atoms with Gasteiger partial charge in [-0.25, -0.2) is 0 Å². The number of amides is 1. The van der Waals surface area contributed by atoms with Crippen molar-refractivity contribution in [1.29, 1.82) is 0 Å². The lowest BCUT2D eigenvalue weighted by atomic mass is 9.68. The van der Waals surface area contributed by atoms with Gasteiger partial charge in [-0.2, -0.15) is 0 Å². The van der Waals surface area contributed by atoms with Gasteiger partial charge < -0.3 is 24.5 Å². The minimum atomic E-state index is -0.413. The molecule has 1 atom stereocenters. The van der Waals surface area contributed by atoms with Crippen molar-refractivity contribution in [3.05, 3.63) is 65.4 Å². The van der Waals surface area contributed by atoms with E-state index in [0.717, 1.165) is 54.8 Å². The van der Waals surface area contributed by atoms with E-state index in [2.05, 4.69) is 40.2 Å². The minimum absolute atomic E-state index is 0.0100. The Hall–Kier alpha value is -2.87. The number of carbonyl (C=O) groups is 1. The molecule has 2 aromatic carbocycles. The van der Waals surface area contributed by atoms with Gasteiger partial charge in [-0.3, -0.25) is 9.69 Å². The number of piperidine rings is 1. The first-order valence-electron chi connectivity index (χ1n) is 11.9. The van der Waals surface area contributed by atoms with Crippen LogP contribution in [-0.4, -0.2) is 72.9 Å². The van der Waals surface area contributed by atoms with Crippen molar-refractivity contribution < 1.29 is 19.4 Å². The summed E-state index contributed by atoms with van der Waals surface area (Å²) < 4.78 is 10.6. The number of aliphatic hydroxyl groups is 1. The van der Waals surface area contributed by atoms with Crippen LogP contribution in [0.15, 0.2) is 48.5 Å². The van der Waals surface area contributed by atoms with Gasteiger partial charge in [-0.15, -0.1) is 0 Å². The van der Waals surface area contributed by atoms with E-state index in [4.69, 9.17) is 9.47 Å². The van der Waals surface area contributed by atoms with E-state index < -0.39 is 6.04 Å². The van der Waals surface area contributed by atoms with Crippen molar-refractivity contribution >= 4 is 16.8 Å². The number of nitrogens with zero attached hydrogens (tertiary/aromatic N) is 2. The summed E-state index contributed by atoms with van der Waals surface area (Å²) in [6.45, 7) is 3.30. The van der Waals surface area contributed by atoms with Gasteiger partial charge in [0.1, 0.15) is 12.4 Å². The molecule has 7 nitrogen and oxygen atoms in total. The number of ether oxygens (including phenoxy) is 2. The zero-order valence-electron chi connectivity index (χ0n) is 19.9. The molecule has 2 aliphatic heterocycles. The minimum Gasteiger partial charge on any atom is -0.497 e. The van der Waals surface area contributed by atoms with Gasteiger partial charge >= 0.3 is 0 Å². The molecule has 34 heavy (non-hydrogen) atoms. The monoisotopic (exact) mass is 463 g/mol. The third kappa shape index (κ3) is 3.98. The Balaban J connectivity index is 1.53. The Labute approximate surface area is 200 Å². The second-order valence-corrected chi connectivity index (χ2v) is 9.52. The third-order valence-electron chi connectivity index (χ3n) is 7.57. The Kier molecular flexibility index (Phi) is 6.34. The molecule has 0 radical (unpaired) electrons. The fraction of sp³-hybridized carbons (Fsp3) is 0.444. The van der Waals surface area contributed by atoms with E-state index in [9.17, 15) is 9.90 Å². The number of rotatable bonds is 6. The Morgan fingerprint density at radius 3 is 2.59 bits per heavy atom. The van der Waals surface area contributed by atoms with Crippen LogP contribution in [-0.2, 0) is 21.5 Å². The topological polar surface area (TPSA) is 78.0 Å². The number of likely N-dealkylation sites (tertiary alicyclic amines) is 1. The van der Waals surface area contributed by atoms with Crippen LogP contribution in [0.2, 0.25) is 0 Å². The van der Waals surface area contributed by atoms with Crippen LogP contribution < -0.4 is 4.74 Å². The second kappa shape index (κ2) is 9.41. The summed E-state index contributed by atoms with van der Waals surface area (Å²) in [5, 5.41) is 11.5. The van der Waals surface area contributed by atoms with E-state index in [1.807, 2.05) is 23.1 Å². The number of hydrogen-bond acceptors (Lipinski definition) is 5. The lowest BCUT2D eigenvalue weighted by molar-refractivity contribution is -0.141. The number of fused-ring (bicyclic) bond motifs is 4. The van der Waals surface area contributed by atoms with Crippen molar-refractivity contribution in [3.8, 4) is 5.75 Å². The summed E-state index contributed by atoms with van der Waals surface area (Å²) in [6.07, 6.45) is 1.89. The second-order valence-electron chi connectivity index (χ2n) is 9.52. The van der Waals surface area contributed by atoms with Gasteiger partial charge in [0.05, 0.1) is 19.8 Å². The van der Waals surface area contributed by atoms with E-state index in [1.165, 1.54) is 18.2 Å². The molecule has 1 saturated heterocycles. The molecule has 3 aromatic rings. The van der Waals surface area contributed by atoms with Gasteiger partial charge in [0, 0.05) is 48.3 Å². The molecule has 1 spiro atoms. The predicted octanol–water partition coefficient (Wildman–Crippen LogP) is 3.23. The number of nitrogens with one attached hydrogen (secondary N) is 1. The molecule has 3 heterocycles.